The molecule has 0 atom stereocenters. The number of aliphatic carboxylic acids is 1. The van der Waals surface area contributed by atoms with Crippen molar-refractivity contribution in [1.29, 1.82) is 0 Å². The molecule has 0 radical (unpaired) electrons. The molecule has 5 heteroatoms. The zero-order valence-corrected chi connectivity index (χ0v) is 9.15. The Morgan fingerprint density at radius 2 is 2.07 bits per heavy atom. The third-order valence-corrected chi connectivity index (χ3v) is 2.48. The van der Waals surface area contributed by atoms with Gasteiger partial charge in [0.1, 0.15) is 13.2 Å². The van der Waals surface area contributed by atoms with Gasteiger partial charge in [0.25, 0.3) is 0 Å². The first kappa shape index (κ1) is 12.0. The van der Waals surface area contributed by atoms with Gasteiger partial charge in [0.05, 0.1) is 0 Å². The quantitative estimate of drug-likeness (QED) is 0.734. The van der Waals surface area contributed by atoms with E-state index >= 15 is 0 Å². The van der Waals surface area contributed by atoms with Crippen molar-refractivity contribution in [3.8, 4) is 0 Å². The third kappa shape index (κ3) is 3.87. The predicted molar refractivity (Wildman–Crippen MR) is 53.4 cm³/mol. The molecule has 1 N–H and O–H groups in total. The molecule has 86 valence electrons. The van der Waals surface area contributed by atoms with Crippen LogP contribution in [0.2, 0.25) is 0 Å². The Labute approximate surface area is 89.0 Å². The fourth-order valence-corrected chi connectivity index (χ4v) is 1.64. The smallest absolute Gasteiger partial charge is 0.329 e. The molecular weight excluding hydrogens is 198 g/mol. The molecular formula is C10H17NO4. The molecule has 1 fully saturated rings. The van der Waals surface area contributed by atoms with Gasteiger partial charge in [-0.2, -0.15) is 0 Å². The standard InChI is InChI=1S/C10H17NO4/c1-10(2)3-4-11(7-10)8(12)5-15-6-9(13)14/h3-7H2,1-2H3,(H,13,14). The van der Waals surface area contributed by atoms with E-state index in [1.807, 2.05) is 0 Å². The molecule has 0 unspecified atom stereocenters. The average Bonchev–Trinajstić information content (AvgIpc) is 2.45. The second-order valence-corrected chi connectivity index (χ2v) is 4.62. The van der Waals surface area contributed by atoms with Crippen LogP contribution in [0.5, 0.6) is 0 Å². The highest BCUT2D eigenvalue weighted by atomic mass is 16.5. The number of nitrogens with zero attached hydrogens (tertiary/aromatic N) is 1. The molecule has 0 aromatic heterocycles. The minimum Gasteiger partial charge on any atom is -0.480 e. The first-order valence-electron chi connectivity index (χ1n) is 4.98. The Bertz CT molecular complexity index is 262. The predicted octanol–water partition coefficient (Wildman–Crippen LogP) is 0.346. The summed E-state index contributed by atoms with van der Waals surface area (Å²) >= 11 is 0. The molecule has 1 saturated heterocycles. The lowest BCUT2D eigenvalue weighted by Crippen LogP contribution is -2.33. The van der Waals surface area contributed by atoms with Crippen LogP contribution in [0.4, 0.5) is 0 Å². The maximum absolute atomic E-state index is 11.5. The number of rotatable bonds is 4. The highest BCUT2D eigenvalue weighted by Gasteiger charge is 2.31. The van der Waals surface area contributed by atoms with Gasteiger partial charge in [0, 0.05) is 13.1 Å². The normalized spacial score (nSPS) is 19.2. The van der Waals surface area contributed by atoms with Gasteiger partial charge in [-0.3, -0.25) is 4.79 Å². The lowest BCUT2D eigenvalue weighted by Gasteiger charge is -2.19. The molecule has 0 bridgehead atoms. The minimum absolute atomic E-state index is 0.123. The van der Waals surface area contributed by atoms with E-state index in [1.54, 1.807) is 4.90 Å². The Hall–Kier alpha value is -1.10. The van der Waals surface area contributed by atoms with E-state index < -0.39 is 12.6 Å². The molecule has 0 saturated carbocycles. The van der Waals surface area contributed by atoms with Crippen molar-refractivity contribution in [3.05, 3.63) is 0 Å². The molecule has 0 aromatic carbocycles. The second kappa shape index (κ2) is 4.61. The second-order valence-electron chi connectivity index (χ2n) is 4.62. The lowest BCUT2D eigenvalue weighted by atomic mass is 9.93. The summed E-state index contributed by atoms with van der Waals surface area (Å²) < 4.78 is 4.75. The third-order valence-electron chi connectivity index (χ3n) is 2.48. The van der Waals surface area contributed by atoms with Gasteiger partial charge in [-0.25, -0.2) is 4.79 Å². The van der Waals surface area contributed by atoms with Gasteiger partial charge in [-0.05, 0) is 11.8 Å². The SMILES string of the molecule is CC1(C)CCN(C(=O)COCC(=O)O)C1. The maximum atomic E-state index is 11.5. The Kier molecular flexibility index (Phi) is 3.68. The monoisotopic (exact) mass is 215 g/mol. The first-order valence-corrected chi connectivity index (χ1v) is 4.98. The lowest BCUT2D eigenvalue weighted by molar-refractivity contribution is -0.145. The van der Waals surface area contributed by atoms with Gasteiger partial charge < -0.3 is 14.7 Å². The Morgan fingerprint density at radius 1 is 1.40 bits per heavy atom. The van der Waals surface area contributed by atoms with Crippen LogP contribution in [0, 0.1) is 5.41 Å². The molecule has 1 aliphatic heterocycles. The number of likely N-dealkylation sites (tertiary alicyclic amines) is 1. The summed E-state index contributed by atoms with van der Waals surface area (Å²) in [5.74, 6) is -1.17. The van der Waals surface area contributed by atoms with Crippen molar-refractivity contribution in [2.45, 2.75) is 20.3 Å². The average molecular weight is 215 g/mol. The number of hydrogen-bond donors (Lipinski definition) is 1. The van der Waals surface area contributed by atoms with Crippen LogP contribution < -0.4 is 0 Å². The number of carbonyl (C=O) groups excluding carboxylic acids is 1. The summed E-state index contributed by atoms with van der Waals surface area (Å²) in [7, 11) is 0. The van der Waals surface area contributed by atoms with Crippen LogP contribution in [0.25, 0.3) is 0 Å². The van der Waals surface area contributed by atoms with Crippen LogP contribution in [0.3, 0.4) is 0 Å². The van der Waals surface area contributed by atoms with E-state index in [0.717, 1.165) is 19.5 Å². The van der Waals surface area contributed by atoms with Crippen LogP contribution in [0.1, 0.15) is 20.3 Å². The molecule has 0 aromatic rings. The van der Waals surface area contributed by atoms with E-state index in [2.05, 4.69) is 13.8 Å². The topological polar surface area (TPSA) is 66.8 Å². The zero-order chi connectivity index (χ0) is 11.5. The molecule has 15 heavy (non-hydrogen) atoms. The maximum Gasteiger partial charge on any atom is 0.329 e. The number of ether oxygens (including phenoxy) is 1. The summed E-state index contributed by atoms with van der Waals surface area (Å²) in [4.78, 5) is 23.4. The van der Waals surface area contributed by atoms with Crippen molar-refractivity contribution >= 4 is 11.9 Å². The van der Waals surface area contributed by atoms with Crippen LogP contribution in [0.15, 0.2) is 0 Å². The van der Waals surface area contributed by atoms with Crippen LogP contribution in [-0.2, 0) is 14.3 Å². The summed E-state index contributed by atoms with van der Waals surface area (Å²) in [6.45, 7) is 5.13. The van der Waals surface area contributed by atoms with E-state index in [4.69, 9.17) is 9.84 Å². The largest absolute Gasteiger partial charge is 0.480 e. The number of amides is 1. The van der Waals surface area contributed by atoms with Crippen LogP contribution >= 0.6 is 0 Å². The van der Waals surface area contributed by atoms with Crippen molar-refractivity contribution in [2.24, 2.45) is 5.41 Å². The first-order chi connectivity index (χ1) is 6.91. The van der Waals surface area contributed by atoms with E-state index in [-0.39, 0.29) is 17.9 Å². The molecule has 5 nitrogen and oxygen atoms in total. The Balaban J connectivity index is 2.27. The Morgan fingerprint density at radius 3 is 2.53 bits per heavy atom. The van der Waals surface area contributed by atoms with Crippen molar-refractivity contribution in [3.63, 3.8) is 0 Å². The van der Waals surface area contributed by atoms with E-state index in [9.17, 15) is 9.59 Å². The fourth-order valence-electron chi connectivity index (χ4n) is 1.64. The summed E-state index contributed by atoms with van der Waals surface area (Å²) in [6.07, 6.45) is 0.984. The van der Waals surface area contributed by atoms with E-state index in [1.165, 1.54) is 0 Å². The molecule has 0 aliphatic carbocycles. The molecule has 1 rings (SSSR count). The number of carbonyl (C=O) groups is 2. The molecule has 1 aliphatic rings. The molecule has 0 spiro atoms. The highest BCUT2D eigenvalue weighted by molar-refractivity contribution is 5.78. The number of carboxylic acid groups (broad SMARTS) is 1. The van der Waals surface area contributed by atoms with Gasteiger partial charge >= 0.3 is 5.97 Å². The van der Waals surface area contributed by atoms with Gasteiger partial charge in [0.2, 0.25) is 5.91 Å². The van der Waals surface area contributed by atoms with Crippen molar-refractivity contribution in [2.75, 3.05) is 26.3 Å². The van der Waals surface area contributed by atoms with Gasteiger partial charge in [0.15, 0.2) is 0 Å². The minimum atomic E-state index is -1.05. The summed E-state index contributed by atoms with van der Waals surface area (Å²) in [5, 5.41) is 8.32. The van der Waals surface area contributed by atoms with Crippen molar-refractivity contribution < 1.29 is 19.4 Å². The van der Waals surface area contributed by atoms with E-state index in [0.29, 0.717) is 0 Å². The number of carboxylic acids is 1. The summed E-state index contributed by atoms with van der Waals surface area (Å²) in [6, 6.07) is 0. The highest BCUT2D eigenvalue weighted by Crippen LogP contribution is 2.28. The summed E-state index contributed by atoms with van der Waals surface area (Å²) in [5.41, 5.74) is 0.169. The molecule has 1 amide bonds. The number of hydrogen-bond acceptors (Lipinski definition) is 3. The van der Waals surface area contributed by atoms with Crippen LogP contribution in [-0.4, -0.2) is 48.2 Å². The molecule has 1 heterocycles. The fraction of sp³-hybridized carbons (Fsp3) is 0.800. The van der Waals surface area contributed by atoms with Crippen molar-refractivity contribution in [1.82, 2.24) is 4.90 Å². The zero-order valence-electron chi connectivity index (χ0n) is 9.15. The van der Waals surface area contributed by atoms with Gasteiger partial charge in [-0.1, -0.05) is 13.8 Å². The van der Waals surface area contributed by atoms with Gasteiger partial charge in [-0.15, -0.1) is 0 Å².